The number of hydrogen-bond acceptors (Lipinski definition) is 2. The molecule has 0 unspecified atom stereocenters. The molecule has 5 nitrogen and oxygen atoms in total. The van der Waals surface area contributed by atoms with Crippen LogP contribution in [0.5, 0.6) is 0 Å². The maximum Gasteiger partial charge on any atom is 0.268 e. The quantitative estimate of drug-likeness (QED) is 0.703. The van der Waals surface area contributed by atoms with Crippen molar-refractivity contribution in [3.63, 3.8) is 0 Å². The monoisotopic (exact) mass is 400 g/mol. The summed E-state index contributed by atoms with van der Waals surface area (Å²) in [6, 6.07) is 11.8. The standard InChI is InChI=1S/C19H21BrN4O/c1-4-23-12-15(20)10-18(23)19(25)21-11-17-13(2)22-24(14(17)3)16-8-6-5-7-9-16/h5-10,12H,4,11H2,1-3H3,(H,21,25). The van der Waals surface area contributed by atoms with Gasteiger partial charge < -0.3 is 9.88 Å². The van der Waals surface area contributed by atoms with Gasteiger partial charge in [0.15, 0.2) is 0 Å². The van der Waals surface area contributed by atoms with E-state index in [1.165, 1.54) is 0 Å². The van der Waals surface area contributed by atoms with Crippen LogP contribution in [-0.2, 0) is 13.1 Å². The van der Waals surface area contributed by atoms with E-state index in [1.54, 1.807) is 0 Å². The molecule has 0 bridgehead atoms. The fourth-order valence-electron chi connectivity index (χ4n) is 2.94. The number of nitrogens with zero attached hydrogens (tertiary/aromatic N) is 3. The number of halogens is 1. The number of rotatable bonds is 5. The molecule has 25 heavy (non-hydrogen) atoms. The van der Waals surface area contributed by atoms with E-state index in [9.17, 15) is 4.79 Å². The zero-order chi connectivity index (χ0) is 18.0. The highest BCUT2D eigenvalue weighted by Gasteiger charge is 2.16. The van der Waals surface area contributed by atoms with E-state index in [-0.39, 0.29) is 5.91 Å². The number of para-hydroxylation sites is 1. The van der Waals surface area contributed by atoms with Crippen molar-refractivity contribution in [2.45, 2.75) is 33.9 Å². The molecule has 0 saturated carbocycles. The van der Waals surface area contributed by atoms with Crippen LogP contribution in [0.4, 0.5) is 0 Å². The van der Waals surface area contributed by atoms with Crippen LogP contribution in [-0.4, -0.2) is 20.3 Å². The minimum atomic E-state index is -0.0844. The number of carbonyl (C=O) groups excluding carboxylic acids is 1. The van der Waals surface area contributed by atoms with Crippen molar-refractivity contribution in [3.05, 3.63) is 69.7 Å². The Hall–Kier alpha value is -2.34. The predicted molar refractivity (Wildman–Crippen MR) is 102 cm³/mol. The van der Waals surface area contributed by atoms with E-state index in [2.05, 4.69) is 26.3 Å². The predicted octanol–water partition coefficient (Wildman–Crippen LogP) is 4.00. The number of benzene rings is 1. The third-order valence-corrected chi connectivity index (χ3v) is 4.74. The van der Waals surface area contributed by atoms with E-state index in [1.807, 2.05) is 72.6 Å². The van der Waals surface area contributed by atoms with Gasteiger partial charge in [0, 0.05) is 35.0 Å². The highest BCUT2D eigenvalue weighted by Crippen LogP contribution is 2.19. The molecule has 0 spiro atoms. The zero-order valence-corrected chi connectivity index (χ0v) is 16.2. The lowest BCUT2D eigenvalue weighted by atomic mass is 10.2. The van der Waals surface area contributed by atoms with Gasteiger partial charge in [0.05, 0.1) is 11.4 Å². The van der Waals surface area contributed by atoms with Gasteiger partial charge in [-0.2, -0.15) is 5.10 Å². The van der Waals surface area contributed by atoms with Crippen LogP contribution >= 0.6 is 15.9 Å². The second-order valence-electron chi connectivity index (χ2n) is 5.91. The molecule has 2 aromatic heterocycles. The van der Waals surface area contributed by atoms with Gasteiger partial charge in [-0.05, 0) is 54.9 Å². The lowest BCUT2D eigenvalue weighted by molar-refractivity contribution is 0.0941. The first kappa shape index (κ1) is 17.5. The molecule has 2 heterocycles. The second-order valence-corrected chi connectivity index (χ2v) is 6.82. The summed E-state index contributed by atoms with van der Waals surface area (Å²) in [6.07, 6.45) is 1.92. The maximum absolute atomic E-state index is 12.5. The Bertz CT molecular complexity index is 896. The molecule has 130 valence electrons. The van der Waals surface area contributed by atoms with Crippen LogP contribution < -0.4 is 5.32 Å². The van der Waals surface area contributed by atoms with Crippen molar-refractivity contribution in [1.29, 1.82) is 0 Å². The number of amides is 1. The summed E-state index contributed by atoms with van der Waals surface area (Å²) in [6.45, 7) is 7.22. The average molecular weight is 401 g/mol. The smallest absolute Gasteiger partial charge is 0.268 e. The Balaban J connectivity index is 1.80. The third kappa shape index (κ3) is 3.54. The Kier molecular flexibility index (Phi) is 5.08. The molecule has 3 rings (SSSR count). The zero-order valence-electron chi connectivity index (χ0n) is 14.6. The van der Waals surface area contributed by atoms with Crippen LogP contribution in [0.2, 0.25) is 0 Å². The molecule has 1 aromatic carbocycles. The van der Waals surface area contributed by atoms with Crippen LogP contribution in [0, 0.1) is 13.8 Å². The number of aromatic nitrogens is 3. The molecule has 0 radical (unpaired) electrons. The minimum Gasteiger partial charge on any atom is -0.347 e. The second kappa shape index (κ2) is 7.27. The van der Waals surface area contributed by atoms with E-state index < -0.39 is 0 Å². The average Bonchev–Trinajstić information content (AvgIpc) is 3.13. The molecule has 1 amide bonds. The summed E-state index contributed by atoms with van der Waals surface area (Å²) in [5, 5.41) is 7.64. The van der Waals surface area contributed by atoms with Gasteiger partial charge in [-0.25, -0.2) is 4.68 Å². The molecule has 0 saturated heterocycles. The van der Waals surface area contributed by atoms with E-state index in [0.29, 0.717) is 12.2 Å². The molecule has 6 heteroatoms. The van der Waals surface area contributed by atoms with Gasteiger partial charge >= 0.3 is 0 Å². The van der Waals surface area contributed by atoms with Gasteiger partial charge in [0.1, 0.15) is 5.69 Å². The van der Waals surface area contributed by atoms with Gasteiger partial charge in [-0.15, -0.1) is 0 Å². The van der Waals surface area contributed by atoms with Crippen LogP contribution in [0.3, 0.4) is 0 Å². The molecule has 0 aliphatic heterocycles. The third-order valence-electron chi connectivity index (χ3n) is 4.30. The lowest BCUT2D eigenvalue weighted by Gasteiger charge is -2.09. The van der Waals surface area contributed by atoms with Crippen molar-refractivity contribution in [1.82, 2.24) is 19.7 Å². The van der Waals surface area contributed by atoms with E-state index >= 15 is 0 Å². The number of hydrogen-bond donors (Lipinski definition) is 1. The van der Waals surface area contributed by atoms with Gasteiger partial charge in [-0.3, -0.25) is 4.79 Å². The summed E-state index contributed by atoms with van der Waals surface area (Å²) < 4.78 is 4.75. The summed E-state index contributed by atoms with van der Waals surface area (Å²) in [4.78, 5) is 12.5. The van der Waals surface area contributed by atoms with Crippen molar-refractivity contribution in [2.24, 2.45) is 0 Å². The maximum atomic E-state index is 12.5. The molecule has 0 atom stereocenters. The summed E-state index contributed by atoms with van der Waals surface area (Å²) in [5.41, 5.74) is 4.68. The fourth-order valence-corrected chi connectivity index (χ4v) is 3.40. The Morgan fingerprint density at radius 1 is 1.24 bits per heavy atom. The number of nitrogens with one attached hydrogen (secondary N) is 1. The molecule has 0 aliphatic rings. The Morgan fingerprint density at radius 3 is 2.64 bits per heavy atom. The van der Waals surface area contributed by atoms with Crippen molar-refractivity contribution in [3.8, 4) is 5.69 Å². The van der Waals surface area contributed by atoms with Crippen molar-refractivity contribution in [2.75, 3.05) is 0 Å². The normalized spacial score (nSPS) is 10.9. The molecular weight excluding hydrogens is 380 g/mol. The molecule has 3 aromatic rings. The SMILES string of the molecule is CCn1cc(Br)cc1C(=O)NCc1c(C)nn(-c2ccccc2)c1C. The van der Waals surface area contributed by atoms with Crippen LogP contribution in [0.1, 0.15) is 34.4 Å². The van der Waals surface area contributed by atoms with Gasteiger partial charge in [-0.1, -0.05) is 18.2 Å². The molecule has 1 N–H and O–H groups in total. The largest absolute Gasteiger partial charge is 0.347 e. The fraction of sp³-hybridized carbons (Fsp3) is 0.263. The first-order valence-corrected chi connectivity index (χ1v) is 9.05. The van der Waals surface area contributed by atoms with E-state index in [0.717, 1.165) is 33.7 Å². The number of carbonyl (C=O) groups is 1. The highest BCUT2D eigenvalue weighted by atomic mass is 79.9. The van der Waals surface area contributed by atoms with E-state index in [4.69, 9.17) is 0 Å². The highest BCUT2D eigenvalue weighted by molar-refractivity contribution is 9.10. The lowest BCUT2D eigenvalue weighted by Crippen LogP contribution is -2.25. The van der Waals surface area contributed by atoms with Crippen LogP contribution in [0.15, 0.2) is 47.1 Å². The van der Waals surface area contributed by atoms with Crippen molar-refractivity contribution >= 4 is 21.8 Å². The number of aryl methyl sites for hydroxylation is 2. The summed E-state index contributed by atoms with van der Waals surface area (Å²) in [5.74, 6) is -0.0844. The first-order valence-electron chi connectivity index (χ1n) is 8.25. The summed E-state index contributed by atoms with van der Waals surface area (Å²) in [7, 11) is 0. The molecular formula is C19H21BrN4O. The molecule has 0 aliphatic carbocycles. The van der Waals surface area contributed by atoms with Gasteiger partial charge in [0.25, 0.3) is 5.91 Å². The Morgan fingerprint density at radius 2 is 1.96 bits per heavy atom. The summed E-state index contributed by atoms with van der Waals surface area (Å²) >= 11 is 3.43. The van der Waals surface area contributed by atoms with Crippen molar-refractivity contribution < 1.29 is 4.79 Å². The topological polar surface area (TPSA) is 51.9 Å². The Labute approximate surface area is 155 Å². The van der Waals surface area contributed by atoms with Crippen LogP contribution in [0.25, 0.3) is 5.69 Å². The minimum absolute atomic E-state index is 0.0844. The van der Waals surface area contributed by atoms with Gasteiger partial charge in [0.2, 0.25) is 0 Å². The molecule has 0 fully saturated rings. The first-order chi connectivity index (χ1) is 12.0.